The summed E-state index contributed by atoms with van der Waals surface area (Å²) in [6.45, 7) is 0.140. The van der Waals surface area contributed by atoms with Crippen molar-refractivity contribution in [3.8, 4) is 5.75 Å². The Hall–Kier alpha value is -2.67. The zero-order valence-electron chi connectivity index (χ0n) is 11.7. The number of aromatic nitrogens is 1. The van der Waals surface area contributed by atoms with Gasteiger partial charge in [0.1, 0.15) is 5.75 Å². The molecule has 0 bridgehead atoms. The van der Waals surface area contributed by atoms with E-state index in [0.29, 0.717) is 5.69 Å². The van der Waals surface area contributed by atoms with Crippen LogP contribution in [0.25, 0.3) is 0 Å². The molecule has 0 aliphatic rings. The number of pyridine rings is 1. The van der Waals surface area contributed by atoms with E-state index in [1.165, 1.54) is 25.3 Å². The first-order valence-electron chi connectivity index (χ1n) is 6.16. The molecule has 116 valence electrons. The number of nitro groups is 1. The van der Waals surface area contributed by atoms with Gasteiger partial charge in [-0.3, -0.25) is 14.9 Å². The van der Waals surface area contributed by atoms with Crippen molar-refractivity contribution in [2.45, 2.75) is 6.54 Å². The predicted octanol–water partition coefficient (Wildman–Crippen LogP) is -1.47. The van der Waals surface area contributed by atoms with Gasteiger partial charge < -0.3 is 22.5 Å². The third-order valence-corrected chi connectivity index (χ3v) is 2.77. The van der Waals surface area contributed by atoms with Gasteiger partial charge in [0.15, 0.2) is 12.4 Å². The molecule has 8 heteroatoms. The normalized spacial score (nSPS) is 9.50. The van der Waals surface area contributed by atoms with Crippen LogP contribution in [0.5, 0.6) is 5.75 Å². The van der Waals surface area contributed by atoms with Crippen LogP contribution >= 0.6 is 0 Å². The number of ether oxygens (including phenoxy) is 1. The van der Waals surface area contributed by atoms with Crippen LogP contribution in [-0.4, -0.2) is 17.9 Å². The third kappa shape index (κ3) is 4.42. The highest BCUT2D eigenvalue weighted by Gasteiger charge is 2.15. The molecule has 0 atom stereocenters. The molecule has 0 radical (unpaired) electrons. The molecule has 0 unspecified atom stereocenters. The Morgan fingerprint density at radius 2 is 2.00 bits per heavy atom. The molecule has 0 aliphatic heterocycles. The maximum Gasteiger partial charge on any atom is 0.290 e. The second-order valence-corrected chi connectivity index (χ2v) is 4.24. The van der Waals surface area contributed by atoms with Gasteiger partial charge in [-0.05, 0) is 6.07 Å². The number of halogens is 1. The summed E-state index contributed by atoms with van der Waals surface area (Å²) >= 11 is 0. The van der Waals surface area contributed by atoms with E-state index in [4.69, 9.17) is 4.74 Å². The number of non-ortho nitro benzene ring substituents is 1. The number of nitrogens with zero attached hydrogens (tertiary/aromatic N) is 2. The van der Waals surface area contributed by atoms with Crippen LogP contribution < -0.4 is 27.0 Å². The highest BCUT2D eigenvalue weighted by molar-refractivity contribution is 5.91. The molecule has 0 aliphatic carbocycles. The maximum atomic E-state index is 11.9. The fourth-order valence-corrected chi connectivity index (χ4v) is 1.79. The highest BCUT2D eigenvalue weighted by atomic mass is 35.5. The Labute approximate surface area is 133 Å². The summed E-state index contributed by atoms with van der Waals surface area (Å²) in [6.07, 6.45) is 3.54. The predicted molar refractivity (Wildman–Crippen MR) is 74.9 cm³/mol. The Balaban J connectivity index is 0.00000242. The van der Waals surface area contributed by atoms with Crippen molar-refractivity contribution in [3.63, 3.8) is 0 Å². The second kappa shape index (κ2) is 7.94. The molecule has 1 amide bonds. The number of carbonyl (C=O) groups is 1. The van der Waals surface area contributed by atoms with Crippen molar-refractivity contribution in [2.24, 2.45) is 0 Å². The summed E-state index contributed by atoms with van der Waals surface area (Å²) in [5, 5.41) is 13.4. The van der Waals surface area contributed by atoms with Crippen LogP contribution in [0.3, 0.4) is 0 Å². The van der Waals surface area contributed by atoms with Crippen molar-refractivity contribution in [2.75, 3.05) is 12.4 Å². The Bertz CT molecular complexity index is 664. The molecule has 22 heavy (non-hydrogen) atoms. The van der Waals surface area contributed by atoms with Gasteiger partial charge in [0, 0.05) is 18.2 Å². The van der Waals surface area contributed by atoms with Crippen molar-refractivity contribution < 1.29 is 31.4 Å². The molecule has 0 saturated carbocycles. The fourth-order valence-electron chi connectivity index (χ4n) is 1.79. The molecule has 1 aromatic carbocycles. The lowest BCUT2D eigenvalue weighted by atomic mass is 10.2. The third-order valence-electron chi connectivity index (χ3n) is 2.77. The topological polar surface area (TPSA) is 85.3 Å². The molecular formula is C14H14ClN3O4. The standard InChI is InChI=1S/C14H13N3O4.ClH/c1-21-13-9-11(17(19)20)5-6-12(13)15-14(18)10-16-7-3-2-4-8-16;/h2-9H,10H2,1H3;1H. The van der Waals surface area contributed by atoms with Crippen molar-refractivity contribution in [3.05, 3.63) is 58.9 Å². The summed E-state index contributed by atoms with van der Waals surface area (Å²) in [7, 11) is 1.39. The van der Waals surface area contributed by atoms with Gasteiger partial charge in [-0.2, -0.15) is 4.57 Å². The zero-order valence-corrected chi connectivity index (χ0v) is 12.5. The zero-order chi connectivity index (χ0) is 15.2. The number of hydrogen-bond acceptors (Lipinski definition) is 4. The van der Waals surface area contributed by atoms with E-state index >= 15 is 0 Å². The van der Waals surface area contributed by atoms with Gasteiger partial charge in [-0.1, -0.05) is 6.07 Å². The largest absolute Gasteiger partial charge is 1.00 e. The Kier molecular flexibility index (Phi) is 6.27. The molecule has 2 rings (SSSR count). The van der Waals surface area contributed by atoms with Crippen molar-refractivity contribution in [1.82, 2.24) is 0 Å². The average molecular weight is 324 g/mol. The smallest absolute Gasteiger partial charge is 0.290 e. The van der Waals surface area contributed by atoms with Crippen LogP contribution in [0.4, 0.5) is 11.4 Å². The monoisotopic (exact) mass is 323 g/mol. The number of methoxy groups -OCH3 is 1. The van der Waals surface area contributed by atoms with E-state index in [1.54, 1.807) is 17.0 Å². The number of rotatable bonds is 5. The molecule has 1 aromatic heterocycles. The number of carbonyl (C=O) groups excluding carboxylic acids is 1. The first-order chi connectivity index (χ1) is 10.1. The average Bonchev–Trinajstić information content (AvgIpc) is 2.48. The summed E-state index contributed by atoms with van der Waals surface area (Å²) in [5.74, 6) is -0.00559. The molecular weight excluding hydrogens is 310 g/mol. The quantitative estimate of drug-likeness (QED) is 0.414. The number of benzene rings is 1. The van der Waals surface area contributed by atoms with E-state index in [9.17, 15) is 14.9 Å². The number of hydrogen-bond donors (Lipinski definition) is 1. The van der Waals surface area contributed by atoms with Crippen LogP contribution in [0.15, 0.2) is 48.8 Å². The minimum atomic E-state index is -0.520. The number of amides is 1. The number of nitrogens with one attached hydrogen (secondary N) is 1. The molecule has 1 N–H and O–H groups in total. The van der Waals surface area contributed by atoms with Gasteiger partial charge in [0.25, 0.3) is 11.6 Å². The SMILES string of the molecule is COc1cc([N+](=O)[O-])ccc1NC(=O)C[n+]1ccccc1.[Cl-]. The highest BCUT2D eigenvalue weighted by Crippen LogP contribution is 2.28. The summed E-state index contributed by atoms with van der Waals surface area (Å²) < 4.78 is 6.78. The van der Waals surface area contributed by atoms with Crippen LogP contribution in [0, 0.1) is 10.1 Å². The lowest BCUT2D eigenvalue weighted by Gasteiger charge is -2.08. The van der Waals surface area contributed by atoms with E-state index in [1.807, 2.05) is 18.2 Å². The van der Waals surface area contributed by atoms with Crippen molar-refractivity contribution in [1.29, 1.82) is 0 Å². The summed E-state index contributed by atoms with van der Waals surface area (Å²) in [5.41, 5.74) is 0.298. The van der Waals surface area contributed by atoms with E-state index in [-0.39, 0.29) is 36.3 Å². The van der Waals surface area contributed by atoms with Crippen LogP contribution in [-0.2, 0) is 11.3 Å². The second-order valence-electron chi connectivity index (χ2n) is 4.24. The molecule has 2 aromatic rings. The van der Waals surface area contributed by atoms with Gasteiger partial charge in [0.2, 0.25) is 6.54 Å². The molecule has 0 fully saturated rings. The van der Waals surface area contributed by atoms with E-state index in [2.05, 4.69) is 5.32 Å². The number of anilines is 1. The van der Waals surface area contributed by atoms with Gasteiger partial charge >= 0.3 is 0 Å². The van der Waals surface area contributed by atoms with Gasteiger partial charge in [-0.25, -0.2) is 0 Å². The molecule has 0 spiro atoms. The molecule has 1 heterocycles. The minimum Gasteiger partial charge on any atom is -1.00 e. The Morgan fingerprint density at radius 3 is 2.59 bits per heavy atom. The number of nitro benzene ring substituents is 1. The molecule has 7 nitrogen and oxygen atoms in total. The van der Waals surface area contributed by atoms with E-state index in [0.717, 1.165) is 0 Å². The molecule has 0 saturated heterocycles. The van der Waals surface area contributed by atoms with Crippen molar-refractivity contribution >= 4 is 17.3 Å². The maximum absolute atomic E-state index is 11.9. The lowest BCUT2D eigenvalue weighted by molar-refractivity contribution is -0.684. The van der Waals surface area contributed by atoms with Crippen LogP contribution in [0.2, 0.25) is 0 Å². The van der Waals surface area contributed by atoms with Crippen LogP contribution in [0.1, 0.15) is 0 Å². The Morgan fingerprint density at radius 1 is 1.32 bits per heavy atom. The van der Waals surface area contributed by atoms with Gasteiger partial charge in [0.05, 0.1) is 23.8 Å². The minimum absolute atomic E-state index is 0. The first kappa shape index (κ1) is 17.4. The van der Waals surface area contributed by atoms with Gasteiger partial charge in [-0.15, -0.1) is 0 Å². The fraction of sp³-hybridized carbons (Fsp3) is 0.143. The first-order valence-corrected chi connectivity index (χ1v) is 6.16. The lowest BCUT2D eigenvalue weighted by Crippen LogP contribution is -3.00. The van der Waals surface area contributed by atoms with E-state index < -0.39 is 4.92 Å². The summed E-state index contributed by atoms with van der Waals surface area (Å²) in [4.78, 5) is 22.1. The summed E-state index contributed by atoms with van der Waals surface area (Å²) in [6, 6.07) is 9.52.